The molecule has 2 heterocycles. The van der Waals surface area contributed by atoms with E-state index in [2.05, 4.69) is 10.4 Å². The van der Waals surface area contributed by atoms with Crippen LogP contribution in [0.2, 0.25) is 0 Å². The van der Waals surface area contributed by atoms with Gasteiger partial charge >= 0.3 is 6.18 Å². The summed E-state index contributed by atoms with van der Waals surface area (Å²) in [6.07, 6.45) is -4.55. The van der Waals surface area contributed by atoms with Gasteiger partial charge in [-0.05, 0) is 48.9 Å². The lowest BCUT2D eigenvalue weighted by molar-refractivity contribution is -0.138. The smallest absolute Gasteiger partial charge is 0.405 e. The predicted molar refractivity (Wildman–Crippen MR) is 111 cm³/mol. The molecule has 1 aliphatic rings. The van der Waals surface area contributed by atoms with Gasteiger partial charge < -0.3 is 15.4 Å². The van der Waals surface area contributed by atoms with Crippen LogP contribution >= 0.6 is 0 Å². The number of amides is 2. The second-order valence-electron chi connectivity index (χ2n) is 7.41. The molecule has 0 bridgehead atoms. The van der Waals surface area contributed by atoms with E-state index in [1.165, 1.54) is 28.9 Å². The van der Waals surface area contributed by atoms with Gasteiger partial charge in [0.15, 0.2) is 6.61 Å². The minimum Gasteiger partial charge on any atom is -0.482 e. The van der Waals surface area contributed by atoms with E-state index in [4.69, 9.17) is 4.74 Å². The van der Waals surface area contributed by atoms with Crippen LogP contribution in [-0.4, -0.2) is 40.9 Å². The number of hydrogen-bond acceptors (Lipinski definition) is 4. The van der Waals surface area contributed by atoms with E-state index in [1.807, 2.05) is 5.32 Å². The lowest BCUT2D eigenvalue weighted by Gasteiger charge is -2.19. The van der Waals surface area contributed by atoms with Crippen molar-refractivity contribution in [3.63, 3.8) is 0 Å². The fraction of sp³-hybridized carbons (Fsp3) is 0.227. The lowest BCUT2D eigenvalue weighted by atomic mass is 9.98. The highest BCUT2D eigenvalue weighted by Crippen LogP contribution is 2.39. The second-order valence-corrected chi connectivity index (χ2v) is 7.41. The average molecular weight is 462 g/mol. The normalized spacial score (nSPS) is 13.2. The molecule has 3 aromatic rings. The van der Waals surface area contributed by atoms with Gasteiger partial charge in [0.25, 0.3) is 5.91 Å². The zero-order valence-corrected chi connectivity index (χ0v) is 17.3. The van der Waals surface area contributed by atoms with Gasteiger partial charge in [0.05, 0.1) is 17.1 Å². The number of anilines is 1. The molecule has 1 aliphatic heterocycles. The van der Waals surface area contributed by atoms with Gasteiger partial charge in [0.1, 0.15) is 24.7 Å². The molecule has 11 heteroatoms. The highest BCUT2D eigenvalue weighted by atomic mass is 19.4. The molecular formula is C22H18F4N4O3. The lowest BCUT2D eigenvalue weighted by Crippen LogP contribution is -2.36. The van der Waals surface area contributed by atoms with E-state index >= 15 is 0 Å². The number of fused-ring (bicyclic) bond motifs is 1. The molecule has 0 atom stereocenters. The van der Waals surface area contributed by atoms with Crippen LogP contribution in [0.25, 0.3) is 22.4 Å². The molecule has 0 aliphatic carbocycles. The van der Waals surface area contributed by atoms with Crippen molar-refractivity contribution in [3.05, 3.63) is 54.0 Å². The quantitative estimate of drug-likeness (QED) is 0.567. The second kappa shape index (κ2) is 8.57. The molecule has 1 aromatic heterocycles. The van der Waals surface area contributed by atoms with Gasteiger partial charge in [-0.25, -0.2) is 4.39 Å². The minimum atomic E-state index is -4.55. The first-order valence-electron chi connectivity index (χ1n) is 9.84. The zero-order valence-electron chi connectivity index (χ0n) is 17.3. The summed E-state index contributed by atoms with van der Waals surface area (Å²) >= 11 is 0. The molecule has 0 radical (unpaired) electrons. The van der Waals surface area contributed by atoms with Crippen LogP contribution in [0.1, 0.15) is 5.69 Å². The van der Waals surface area contributed by atoms with Gasteiger partial charge in [-0.1, -0.05) is 6.07 Å². The number of aryl methyl sites for hydroxylation is 1. The Morgan fingerprint density at radius 2 is 1.88 bits per heavy atom. The summed E-state index contributed by atoms with van der Waals surface area (Å²) in [5.41, 5.74) is 3.06. The van der Waals surface area contributed by atoms with E-state index in [1.54, 1.807) is 25.1 Å². The number of benzene rings is 2. The number of hydrogen-bond donors (Lipinski definition) is 2. The molecule has 4 rings (SSSR count). The third kappa shape index (κ3) is 4.97. The highest BCUT2D eigenvalue weighted by molar-refractivity contribution is 5.97. The van der Waals surface area contributed by atoms with E-state index in [0.717, 1.165) is 0 Å². The number of ether oxygens (including phenoxy) is 1. The Hall–Kier alpha value is -3.89. The summed E-state index contributed by atoms with van der Waals surface area (Å²) < 4.78 is 57.6. The summed E-state index contributed by atoms with van der Waals surface area (Å²) in [6.45, 7) is -0.359. The molecule has 7 nitrogen and oxygen atoms in total. The van der Waals surface area contributed by atoms with E-state index in [9.17, 15) is 27.2 Å². The Kier molecular flexibility index (Phi) is 5.79. The summed E-state index contributed by atoms with van der Waals surface area (Å²) in [4.78, 5) is 23.9. The number of rotatable bonds is 5. The number of nitrogens with one attached hydrogen (secondary N) is 2. The molecule has 0 fully saturated rings. The summed E-state index contributed by atoms with van der Waals surface area (Å²) in [7, 11) is 0. The molecule has 33 heavy (non-hydrogen) atoms. The maximum Gasteiger partial charge on any atom is 0.405 e. The molecule has 0 spiro atoms. The largest absolute Gasteiger partial charge is 0.482 e. The topological polar surface area (TPSA) is 85.3 Å². The summed E-state index contributed by atoms with van der Waals surface area (Å²) in [6, 6.07) is 10.5. The number of aromatic nitrogens is 2. The minimum absolute atomic E-state index is 0.100. The van der Waals surface area contributed by atoms with Crippen LogP contribution in [0, 0.1) is 12.7 Å². The van der Waals surface area contributed by atoms with Crippen molar-refractivity contribution in [2.45, 2.75) is 19.6 Å². The third-order valence-electron chi connectivity index (χ3n) is 4.93. The van der Waals surface area contributed by atoms with Crippen molar-refractivity contribution in [1.82, 2.24) is 15.1 Å². The maximum atomic E-state index is 13.5. The first-order chi connectivity index (χ1) is 15.6. The Balaban J connectivity index is 1.77. The number of carbonyl (C=O) groups is 2. The molecule has 0 saturated heterocycles. The number of nitrogens with zero attached hydrogens (tertiary/aromatic N) is 2. The predicted octanol–water partition coefficient (Wildman–Crippen LogP) is 3.67. The van der Waals surface area contributed by atoms with Crippen molar-refractivity contribution in [2.24, 2.45) is 0 Å². The highest BCUT2D eigenvalue weighted by Gasteiger charge is 2.28. The Morgan fingerprint density at radius 3 is 2.58 bits per heavy atom. The van der Waals surface area contributed by atoms with E-state index in [-0.39, 0.29) is 12.5 Å². The van der Waals surface area contributed by atoms with Crippen molar-refractivity contribution in [1.29, 1.82) is 0 Å². The molecular weight excluding hydrogens is 444 g/mol. The standard InChI is InChI=1S/C22H18F4N4O3/c1-12-20(14-4-7-17-16(8-14)28-19(32)10-33-17)21(13-2-5-15(23)6-3-13)30(29-12)9-18(31)27-11-22(24,25)26/h2-8H,9-11H2,1H3,(H,27,31)(H,28,32). The van der Waals surface area contributed by atoms with Crippen LogP contribution in [0.5, 0.6) is 5.75 Å². The van der Waals surface area contributed by atoms with Gasteiger partial charge in [-0.15, -0.1) is 0 Å². The van der Waals surface area contributed by atoms with Gasteiger partial charge in [0.2, 0.25) is 5.91 Å². The Morgan fingerprint density at radius 1 is 1.18 bits per heavy atom. The van der Waals surface area contributed by atoms with Crippen molar-refractivity contribution >= 4 is 17.5 Å². The van der Waals surface area contributed by atoms with Crippen LogP contribution in [-0.2, 0) is 16.1 Å². The molecule has 2 amide bonds. The monoisotopic (exact) mass is 462 g/mol. The third-order valence-corrected chi connectivity index (χ3v) is 4.93. The SMILES string of the molecule is Cc1nn(CC(=O)NCC(F)(F)F)c(-c2ccc(F)cc2)c1-c1ccc2c(c1)NC(=O)CO2. The first-order valence-corrected chi connectivity index (χ1v) is 9.84. The summed E-state index contributed by atoms with van der Waals surface area (Å²) in [5, 5.41) is 8.90. The number of alkyl halides is 3. The molecule has 0 saturated carbocycles. The van der Waals surface area contributed by atoms with E-state index < -0.39 is 31.0 Å². The van der Waals surface area contributed by atoms with Gasteiger partial charge in [-0.2, -0.15) is 18.3 Å². The van der Waals surface area contributed by atoms with E-state index in [0.29, 0.717) is 39.5 Å². The first kappa shape index (κ1) is 22.3. The molecule has 172 valence electrons. The maximum absolute atomic E-state index is 13.5. The van der Waals surface area contributed by atoms with Crippen LogP contribution in [0.15, 0.2) is 42.5 Å². The summed E-state index contributed by atoms with van der Waals surface area (Å²) in [5.74, 6) is -1.18. The Bertz CT molecular complexity index is 1220. The van der Waals surface area contributed by atoms with Gasteiger partial charge in [-0.3, -0.25) is 14.3 Å². The fourth-order valence-corrected chi connectivity index (χ4v) is 3.57. The number of halogens is 4. The molecule has 0 unspecified atom stereocenters. The Labute approximate surface area is 185 Å². The van der Waals surface area contributed by atoms with Crippen LogP contribution in [0.3, 0.4) is 0 Å². The molecule has 2 aromatic carbocycles. The van der Waals surface area contributed by atoms with Gasteiger partial charge in [0, 0.05) is 11.1 Å². The van der Waals surface area contributed by atoms with Crippen LogP contribution in [0.4, 0.5) is 23.2 Å². The average Bonchev–Trinajstić information content (AvgIpc) is 3.07. The van der Waals surface area contributed by atoms with Crippen molar-refractivity contribution in [3.8, 4) is 28.1 Å². The molecule has 2 N–H and O–H groups in total. The van der Waals surface area contributed by atoms with Crippen molar-refractivity contribution in [2.75, 3.05) is 18.5 Å². The van der Waals surface area contributed by atoms with Crippen LogP contribution < -0.4 is 15.4 Å². The number of carbonyl (C=O) groups excluding carboxylic acids is 2. The zero-order chi connectivity index (χ0) is 23.8. The van der Waals surface area contributed by atoms with Crippen molar-refractivity contribution < 1.29 is 31.9 Å². The fourth-order valence-electron chi connectivity index (χ4n) is 3.57.